The zero-order valence-electron chi connectivity index (χ0n) is 17.1. The van der Waals surface area contributed by atoms with E-state index in [2.05, 4.69) is 9.80 Å². The van der Waals surface area contributed by atoms with Gasteiger partial charge in [-0.05, 0) is 86.6 Å². The van der Waals surface area contributed by atoms with Gasteiger partial charge < -0.3 is 19.9 Å². The van der Waals surface area contributed by atoms with Gasteiger partial charge in [-0.3, -0.25) is 0 Å². The lowest BCUT2D eigenvalue weighted by Gasteiger charge is -2.26. The van der Waals surface area contributed by atoms with Gasteiger partial charge in [0.15, 0.2) is 0 Å². The molecule has 0 radical (unpaired) electrons. The van der Waals surface area contributed by atoms with Crippen LogP contribution in [-0.2, 0) is 6.42 Å². The van der Waals surface area contributed by atoms with Gasteiger partial charge in [0.1, 0.15) is 0 Å². The van der Waals surface area contributed by atoms with Gasteiger partial charge in [-0.1, -0.05) is 35.3 Å². The molecular weight excluding hydrogens is 417 g/mol. The van der Waals surface area contributed by atoms with Crippen molar-refractivity contribution in [3.8, 4) is 0 Å². The van der Waals surface area contributed by atoms with E-state index in [0.29, 0.717) is 0 Å². The van der Waals surface area contributed by atoms with E-state index >= 15 is 0 Å². The largest absolute Gasteiger partial charge is 0.862 e. The van der Waals surface area contributed by atoms with E-state index < -0.39 is 0 Å². The molecule has 2 fully saturated rings. The predicted octanol–water partition coefficient (Wildman–Crippen LogP) is 4.29. The first kappa shape index (κ1) is 21.5. The zero-order chi connectivity index (χ0) is 20.9. The summed E-state index contributed by atoms with van der Waals surface area (Å²) >= 11 is 12.0. The van der Waals surface area contributed by atoms with Crippen molar-refractivity contribution in [2.45, 2.75) is 31.7 Å². The number of aliphatic imine (C=N–C) groups is 1. The number of anilines is 1. The Hall–Kier alpha value is -1.75. The average Bonchev–Trinajstić information content (AvgIpc) is 3.42. The zero-order valence-corrected chi connectivity index (χ0v) is 18.7. The molecule has 4 nitrogen and oxygen atoms in total. The first-order valence-corrected chi connectivity index (χ1v) is 11.5. The third kappa shape index (κ3) is 5.69. The average molecular weight is 445 g/mol. The molecule has 0 bridgehead atoms. The monoisotopic (exact) mass is 444 g/mol. The summed E-state index contributed by atoms with van der Waals surface area (Å²) < 4.78 is 0. The van der Waals surface area contributed by atoms with Crippen LogP contribution in [0.25, 0.3) is 0 Å². The summed E-state index contributed by atoms with van der Waals surface area (Å²) in [5.74, 6) is 0.0107. The van der Waals surface area contributed by atoms with E-state index in [1.807, 2.05) is 48.5 Å². The maximum atomic E-state index is 13.1. The van der Waals surface area contributed by atoms with Crippen LogP contribution in [0.3, 0.4) is 0 Å². The van der Waals surface area contributed by atoms with Crippen molar-refractivity contribution >= 4 is 34.8 Å². The number of benzene rings is 2. The van der Waals surface area contributed by atoms with Gasteiger partial charge in [0, 0.05) is 41.3 Å². The summed E-state index contributed by atoms with van der Waals surface area (Å²) in [7, 11) is 0. The fourth-order valence-corrected chi connectivity index (χ4v) is 4.69. The molecule has 2 saturated heterocycles. The van der Waals surface area contributed by atoms with Crippen molar-refractivity contribution < 1.29 is 5.11 Å². The second-order valence-electron chi connectivity index (χ2n) is 8.37. The Kier molecular flexibility index (Phi) is 7.19. The van der Waals surface area contributed by atoms with Gasteiger partial charge in [-0.25, -0.2) is 0 Å². The first-order chi connectivity index (χ1) is 14.6. The van der Waals surface area contributed by atoms with Gasteiger partial charge >= 0.3 is 0 Å². The fourth-order valence-electron chi connectivity index (χ4n) is 4.44. The van der Waals surface area contributed by atoms with Crippen LogP contribution in [0.4, 0.5) is 5.69 Å². The molecule has 2 heterocycles. The van der Waals surface area contributed by atoms with Crippen LogP contribution >= 0.6 is 23.2 Å². The van der Waals surface area contributed by atoms with E-state index in [1.165, 1.54) is 18.4 Å². The Labute approximate surface area is 189 Å². The molecule has 2 aromatic carbocycles. The number of hydrogen-bond donors (Lipinski definition) is 0. The molecule has 6 heteroatoms. The summed E-state index contributed by atoms with van der Waals surface area (Å²) in [6.45, 7) is 4.66. The van der Waals surface area contributed by atoms with E-state index in [4.69, 9.17) is 28.2 Å². The molecule has 0 aliphatic carbocycles. The normalized spacial score (nSPS) is 21.3. The number of likely N-dealkylation sites (tertiary alicyclic amines) is 1. The van der Waals surface area contributed by atoms with Crippen molar-refractivity contribution in [3.05, 3.63) is 64.1 Å². The minimum Gasteiger partial charge on any atom is -0.862 e. The van der Waals surface area contributed by atoms with E-state index in [0.717, 1.165) is 61.3 Å². The van der Waals surface area contributed by atoms with Gasteiger partial charge in [-0.2, -0.15) is 0 Å². The topological polar surface area (TPSA) is 41.9 Å². The first-order valence-electron chi connectivity index (χ1n) is 10.8. The van der Waals surface area contributed by atoms with Crippen LogP contribution in [0.2, 0.25) is 10.0 Å². The lowest BCUT2D eigenvalue weighted by Crippen LogP contribution is -2.36. The van der Waals surface area contributed by atoms with Crippen molar-refractivity contribution in [2.24, 2.45) is 10.9 Å². The van der Waals surface area contributed by atoms with Crippen LogP contribution in [0.15, 0.2) is 53.5 Å². The van der Waals surface area contributed by atoms with Crippen molar-refractivity contribution in [2.75, 3.05) is 37.6 Å². The second kappa shape index (κ2) is 10.0. The van der Waals surface area contributed by atoms with Gasteiger partial charge in [0.2, 0.25) is 0 Å². The lowest BCUT2D eigenvalue weighted by molar-refractivity contribution is -0.223. The smallest absolute Gasteiger partial charge is 0.0655 e. The molecule has 1 unspecified atom stereocenters. The highest BCUT2D eigenvalue weighted by Gasteiger charge is 2.24. The summed E-state index contributed by atoms with van der Waals surface area (Å²) in [6.07, 6.45) is 4.09. The van der Waals surface area contributed by atoms with Crippen molar-refractivity contribution in [1.29, 1.82) is 0 Å². The van der Waals surface area contributed by atoms with Gasteiger partial charge in [-0.15, -0.1) is 0 Å². The van der Waals surface area contributed by atoms with E-state index in [-0.39, 0.29) is 17.9 Å². The molecule has 0 amide bonds. The maximum absolute atomic E-state index is 13.1. The number of rotatable bonds is 7. The summed E-state index contributed by atoms with van der Waals surface area (Å²) in [6, 6.07) is 15.7. The summed E-state index contributed by atoms with van der Waals surface area (Å²) in [5.41, 5.74) is 2.29. The van der Waals surface area contributed by atoms with Crippen LogP contribution < -0.4 is 10.0 Å². The summed E-state index contributed by atoms with van der Waals surface area (Å²) in [5, 5.41) is 14.5. The lowest BCUT2D eigenvalue weighted by atomic mass is 10.0. The van der Waals surface area contributed by atoms with Gasteiger partial charge in [0.05, 0.1) is 6.04 Å². The second-order valence-corrected chi connectivity index (χ2v) is 9.24. The Morgan fingerprint density at radius 2 is 1.60 bits per heavy atom. The van der Waals surface area contributed by atoms with E-state index in [1.54, 1.807) is 0 Å². The summed E-state index contributed by atoms with van der Waals surface area (Å²) in [4.78, 5) is 9.41. The molecule has 160 valence electrons. The third-order valence-electron chi connectivity index (χ3n) is 6.09. The molecule has 0 saturated carbocycles. The molecule has 0 N–H and O–H groups in total. The maximum Gasteiger partial charge on any atom is 0.0655 e. The van der Waals surface area contributed by atoms with Crippen molar-refractivity contribution in [1.82, 2.24) is 4.90 Å². The SMILES string of the molecule is [O-]C(=NC(Cc1ccc(Cl)cc1)CN1CCCC1)[C@@H]1CCN(c2ccc(Cl)cc2)C1. The van der Waals surface area contributed by atoms with Crippen LogP contribution in [0.1, 0.15) is 24.8 Å². The third-order valence-corrected chi connectivity index (χ3v) is 6.60. The Morgan fingerprint density at radius 3 is 2.27 bits per heavy atom. The number of hydrogen-bond acceptors (Lipinski definition) is 4. The molecule has 0 spiro atoms. The molecule has 30 heavy (non-hydrogen) atoms. The highest BCUT2D eigenvalue weighted by Crippen LogP contribution is 2.26. The predicted molar refractivity (Wildman–Crippen MR) is 124 cm³/mol. The highest BCUT2D eigenvalue weighted by atomic mass is 35.5. The minimum absolute atomic E-state index is 0.0126. The Morgan fingerprint density at radius 1 is 0.967 bits per heavy atom. The standard InChI is InChI=1S/C24H29Cl2N3O/c25-20-5-3-18(4-6-20)15-22(17-28-12-1-2-13-28)27-24(30)19-11-14-29(16-19)23-9-7-21(26)8-10-23/h3-10,19,22H,1-2,11-17H2,(H,27,30)/p-1/t19-,22?/m1/s1. The van der Waals surface area contributed by atoms with Gasteiger partial charge in [0.25, 0.3) is 0 Å². The van der Waals surface area contributed by atoms with Crippen LogP contribution in [0.5, 0.6) is 0 Å². The van der Waals surface area contributed by atoms with Crippen molar-refractivity contribution in [3.63, 3.8) is 0 Å². The Balaban J connectivity index is 1.44. The number of halogens is 2. The molecule has 4 rings (SSSR count). The highest BCUT2D eigenvalue weighted by molar-refractivity contribution is 6.30. The molecule has 2 aromatic rings. The molecule has 0 aromatic heterocycles. The fraction of sp³-hybridized carbons (Fsp3) is 0.458. The molecular formula is C24H28Cl2N3O-. The Bertz CT molecular complexity index is 848. The minimum atomic E-state index is -0.0352. The molecule has 2 aliphatic rings. The quantitative estimate of drug-likeness (QED) is 0.472. The molecule has 2 aliphatic heterocycles. The number of nitrogens with zero attached hydrogens (tertiary/aromatic N) is 3. The van der Waals surface area contributed by atoms with E-state index in [9.17, 15) is 5.11 Å². The molecule has 2 atom stereocenters. The van der Waals surface area contributed by atoms with Crippen LogP contribution in [0, 0.1) is 5.92 Å². The van der Waals surface area contributed by atoms with Crippen LogP contribution in [-0.4, -0.2) is 49.6 Å².